The molecule has 4 nitrogen and oxygen atoms in total. The molecule has 4 rings (SSSR count). The molecule has 0 aliphatic carbocycles. The van der Waals surface area contributed by atoms with Gasteiger partial charge in [0.15, 0.2) is 0 Å². The third kappa shape index (κ3) is 7.12. The van der Waals surface area contributed by atoms with Crippen LogP contribution in [0.1, 0.15) is 46.0 Å². The average Bonchev–Trinajstić information content (AvgIpc) is 2.96. The van der Waals surface area contributed by atoms with Crippen LogP contribution in [0.5, 0.6) is 5.75 Å². The van der Waals surface area contributed by atoms with Gasteiger partial charge in [-0.25, -0.2) is 4.79 Å². The average molecular weight is 647 g/mol. The number of aromatic carboxylic acids is 1. The van der Waals surface area contributed by atoms with Crippen molar-refractivity contribution in [3.05, 3.63) is 134 Å². The zero-order chi connectivity index (χ0) is 29.6. The Hall–Kier alpha value is -3.33. The molecule has 4 aromatic carbocycles. The topological polar surface area (TPSA) is 49.8 Å². The van der Waals surface area contributed by atoms with Crippen LogP contribution < -0.4 is 4.74 Å². The number of carboxylic acid groups (broad SMARTS) is 1. The van der Waals surface area contributed by atoms with Gasteiger partial charge in [-0.1, -0.05) is 84.4 Å². The summed E-state index contributed by atoms with van der Waals surface area (Å²) in [6, 6.07) is 28.3. The Morgan fingerprint density at radius 2 is 1.54 bits per heavy atom. The van der Waals surface area contributed by atoms with Crippen molar-refractivity contribution in [2.24, 2.45) is 0 Å². The predicted octanol–water partition coefficient (Wildman–Crippen LogP) is 9.05. The standard InChI is InChI=1S/C32H28BrClF3NO3/c1-31(23-11-4-2-5-12-23,24-13-6-3-7-14-24)38(21-22-10-8-15-27(29(22)34)32(35,36)37)18-9-19-41-25-16-17-28(33)26(20-25)30(39)40/h2-8,10-17,20H,9,18-19,21H2,1H3,(H,39,40). The van der Waals surface area contributed by atoms with Crippen LogP contribution in [0.25, 0.3) is 0 Å². The van der Waals surface area contributed by atoms with Crippen molar-refractivity contribution >= 4 is 33.5 Å². The van der Waals surface area contributed by atoms with Crippen molar-refractivity contribution in [3.8, 4) is 5.75 Å². The molecule has 0 atom stereocenters. The van der Waals surface area contributed by atoms with Crippen molar-refractivity contribution < 1.29 is 27.8 Å². The number of nitrogens with zero attached hydrogens (tertiary/aromatic N) is 1. The fourth-order valence-corrected chi connectivity index (χ4v) is 5.56. The van der Waals surface area contributed by atoms with Gasteiger partial charge < -0.3 is 9.84 Å². The fourth-order valence-electron chi connectivity index (χ4n) is 4.85. The van der Waals surface area contributed by atoms with Gasteiger partial charge in [-0.3, -0.25) is 4.90 Å². The molecule has 0 amide bonds. The van der Waals surface area contributed by atoms with Crippen molar-refractivity contribution in [1.29, 1.82) is 0 Å². The van der Waals surface area contributed by atoms with Gasteiger partial charge in [0, 0.05) is 17.6 Å². The minimum atomic E-state index is -4.58. The van der Waals surface area contributed by atoms with Crippen LogP contribution in [0, 0.1) is 0 Å². The molecule has 0 aliphatic rings. The molecule has 0 saturated carbocycles. The molecule has 0 heterocycles. The molecule has 0 fully saturated rings. The number of ether oxygens (including phenoxy) is 1. The largest absolute Gasteiger partial charge is 0.494 e. The van der Waals surface area contributed by atoms with Crippen molar-refractivity contribution in [2.45, 2.75) is 31.6 Å². The lowest BCUT2D eigenvalue weighted by Gasteiger charge is -2.43. The Bertz CT molecular complexity index is 1440. The Balaban J connectivity index is 1.68. The van der Waals surface area contributed by atoms with Gasteiger partial charge in [-0.15, -0.1) is 0 Å². The van der Waals surface area contributed by atoms with E-state index in [1.807, 2.05) is 67.6 Å². The number of alkyl halides is 3. The SMILES string of the molecule is CC(c1ccccc1)(c1ccccc1)N(CCCOc1ccc(Br)c(C(=O)O)c1)Cc1cccc(C(F)(F)F)c1Cl. The van der Waals surface area contributed by atoms with Gasteiger partial charge >= 0.3 is 12.1 Å². The second kappa shape index (κ2) is 13.1. The summed E-state index contributed by atoms with van der Waals surface area (Å²) in [7, 11) is 0. The second-order valence-electron chi connectivity index (χ2n) is 9.65. The molecule has 1 N–H and O–H groups in total. The highest BCUT2D eigenvalue weighted by Gasteiger charge is 2.37. The van der Waals surface area contributed by atoms with Gasteiger partial charge in [-0.05, 0) is 70.2 Å². The molecule has 214 valence electrons. The molecular formula is C32H28BrClF3NO3. The molecule has 0 saturated heterocycles. The number of halogens is 5. The minimum Gasteiger partial charge on any atom is -0.494 e. The summed E-state index contributed by atoms with van der Waals surface area (Å²) in [6.07, 6.45) is -4.07. The second-order valence-corrected chi connectivity index (χ2v) is 10.9. The van der Waals surface area contributed by atoms with Crippen molar-refractivity contribution in [3.63, 3.8) is 0 Å². The highest BCUT2D eigenvalue weighted by Crippen LogP contribution is 2.40. The van der Waals surface area contributed by atoms with E-state index in [1.165, 1.54) is 12.1 Å². The van der Waals surface area contributed by atoms with Crippen LogP contribution in [-0.4, -0.2) is 29.1 Å². The Morgan fingerprint density at radius 3 is 2.10 bits per heavy atom. The summed E-state index contributed by atoms with van der Waals surface area (Å²) in [5.74, 6) is -0.667. The van der Waals surface area contributed by atoms with Gasteiger partial charge in [0.25, 0.3) is 0 Å². The normalized spacial score (nSPS) is 12.0. The van der Waals surface area contributed by atoms with E-state index in [4.69, 9.17) is 16.3 Å². The van der Waals surface area contributed by atoms with Crippen LogP contribution in [0.3, 0.4) is 0 Å². The van der Waals surface area contributed by atoms with Crippen LogP contribution in [-0.2, 0) is 18.3 Å². The minimum absolute atomic E-state index is 0.0871. The first-order chi connectivity index (χ1) is 19.5. The third-order valence-corrected chi connectivity index (χ3v) is 8.20. The van der Waals surface area contributed by atoms with E-state index in [0.717, 1.165) is 17.2 Å². The van der Waals surface area contributed by atoms with Crippen molar-refractivity contribution in [1.82, 2.24) is 4.90 Å². The van der Waals surface area contributed by atoms with Crippen LogP contribution in [0.2, 0.25) is 5.02 Å². The maximum absolute atomic E-state index is 13.7. The summed E-state index contributed by atoms with van der Waals surface area (Å²) >= 11 is 9.58. The van der Waals surface area contributed by atoms with E-state index in [1.54, 1.807) is 18.2 Å². The monoisotopic (exact) mass is 645 g/mol. The number of rotatable bonds is 11. The highest BCUT2D eigenvalue weighted by molar-refractivity contribution is 9.10. The molecule has 0 aromatic heterocycles. The molecule has 0 unspecified atom stereocenters. The number of hydrogen-bond donors (Lipinski definition) is 1. The van der Waals surface area contributed by atoms with Crippen LogP contribution >= 0.6 is 27.5 Å². The van der Waals surface area contributed by atoms with Gasteiger partial charge in [0.2, 0.25) is 0 Å². The molecule has 41 heavy (non-hydrogen) atoms. The molecule has 0 aliphatic heterocycles. The van der Waals surface area contributed by atoms with E-state index >= 15 is 0 Å². The number of carboxylic acids is 1. The van der Waals surface area contributed by atoms with Gasteiger partial charge in [0.1, 0.15) is 5.75 Å². The molecule has 0 radical (unpaired) electrons. The van der Waals surface area contributed by atoms with E-state index in [0.29, 0.717) is 28.8 Å². The number of benzene rings is 4. The molecule has 0 bridgehead atoms. The lowest BCUT2D eigenvalue weighted by molar-refractivity contribution is -0.137. The van der Waals surface area contributed by atoms with Crippen LogP contribution in [0.4, 0.5) is 13.2 Å². The van der Waals surface area contributed by atoms with E-state index in [9.17, 15) is 23.1 Å². The quantitative estimate of drug-likeness (QED) is 0.165. The van der Waals surface area contributed by atoms with E-state index in [2.05, 4.69) is 20.8 Å². The molecular weight excluding hydrogens is 619 g/mol. The van der Waals surface area contributed by atoms with E-state index < -0.39 is 23.2 Å². The Kier molecular flexibility index (Phi) is 9.79. The lowest BCUT2D eigenvalue weighted by Crippen LogP contribution is -2.45. The first kappa shape index (κ1) is 30.6. The summed E-state index contributed by atoms with van der Waals surface area (Å²) in [5.41, 5.74) is 0.784. The first-order valence-electron chi connectivity index (χ1n) is 12.9. The van der Waals surface area contributed by atoms with E-state index in [-0.39, 0.29) is 23.7 Å². The van der Waals surface area contributed by atoms with Crippen LogP contribution in [0.15, 0.2) is 102 Å². The molecule has 0 spiro atoms. The molecule has 4 aromatic rings. The first-order valence-corrected chi connectivity index (χ1v) is 14.0. The number of hydrogen-bond acceptors (Lipinski definition) is 3. The Morgan fingerprint density at radius 1 is 0.927 bits per heavy atom. The third-order valence-electron chi connectivity index (χ3n) is 7.06. The maximum atomic E-state index is 13.7. The highest BCUT2D eigenvalue weighted by atomic mass is 79.9. The zero-order valence-corrected chi connectivity index (χ0v) is 24.5. The van der Waals surface area contributed by atoms with Crippen molar-refractivity contribution in [2.75, 3.05) is 13.2 Å². The predicted molar refractivity (Wildman–Crippen MR) is 157 cm³/mol. The Labute approximate surface area is 250 Å². The maximum Gasteiger partial charge on any atom is 0.417 e. The number of carbonyl (C=O) groups is 1. The fraction of sp³-hybridized carbons (Fsp3) is 0.219. The van der Waals surface area contributed by atoms with Gasteiger partial charge in [0.05, 0.1) is 28.3 Å². The summed E-state index contributed by atoms with van der Waals surface area (Å²) in [6.45, 7) is 2.89. The molecule has 9 heteroatoms. The van der Waals surface area contributed by atoms with Gasteiger partial charge in [-0.2, -0.15) is 13.2 Å². The smallest absolute Gasteiger partial charge is 0.417 e. The summed E-state index contributed by atoms with van der Waals surface area (Å²) in [4.78, 5) is 13.6. The summed E-state index contributed by atoms with van der Waals surface area (Å²) < 4.78 is 47.4. The zero-order valence-electron chi connectivity index (χ0n) is 22.2. The summed E-state index contributed by atoms with van der Waals surface area (Å²) in [5, 5.41) is 9.08. The lowest BCUT2D eigenvalue weighted by atomic mass is 9.82.